The van der Waals surface area contributed by atoms with Gasteiger partial charge in [0.15, 0.2) is 0 Å². The number of rotatable bonds is 4. The average molecular weight is 261 g/mol. The number of aromatic amines is 1. The van der Waals surface area contributed by atoms with E-state index in [4.69, 9.17) is 0 Å². The maximum absolute atomic E-state index is 4.00. The summed E-state index contributed by atoms with van der Waals surface area (Å²) >= 11 is 3.53. The number of imidazole rings is 1. The molecule has 3 heterocycles. The molecule has 0 saturated heterocycles. The Morgan fingerprint density at radius 1 is 1.24 bits per heavy atom. The van der Waals surface area contributed by atoms with E-state index in [1.54, 1.807) is 29.0 Å². The molecule has 0 unspecified atom stereocenters. The molecule has 17 heavy (non-hydrogen) atoms. The minimum atomic E-state index is 0.773. The van der Waals surface area contributed by atoms with Gasteiger partial charge in [0, 0.05) is 11.1 Å². The van der Waals surface area contributed by atoms with Crippen LogP contribution in [0.25, 0.3) is 9.75 Å². The van der Waals surface area contributed by atoms with Gasteiger partial charge in [0.1, 0.15) is 0 Å². The number of hydrogen-bond acceptors (Lipinski definition) is 4. The van der Waals surface area contributed by atoms with Gasteiger partial charge in [0.25, 0.3) is 0 Å². The highest BCUT2D eigenvalue weighted by Gasteiger charge is 2.07. The molecular weight excluding hydrogens is 250 g/mol. The Bertz CT molecular complexity index is 567. The van der Waals surface area contributed by atoms with E-state index < -0.39 is 0 Å². The molecule has 3 aromatic heterocycles. The molecule has 0 aliphatic heterocycles. The molecule has 5 heteroatoms. The Balaban J connectivity index is 1.78. The highest BCUT2D eigenvalue weighted by Crippen LogP contribution is 2.36. The molecule has 0 fully saturated rings. The lowest BCUT2D eigenvalue weighted by molar-refractivity contribution is 1.08. The van der Waals surface area contributed by atoms with E-state index in [0.29, 0.717) is 0 Å². The molecule has 0 saturated carbocycles. The van der Waals surface area contributed by atoms with Gasteiger partial charge in [-0.25, -0.2) is 4.98 Å². The number of hydrogen-bond donors (Lipinski definition) is 2. The van der Waals surface area contributed by atoms with Gasteiger partial charge in [0.05, 0.1) is 29.1 Å². The number of thiophene rings is 2. The van der Waals surface area contributed by atoms with Crippen LogP contribution in [0.5, 0.6) is 0 Å². The number of nitrogens with one attached hydrogen (secondary N) is 2. The Labute approximate surface area is 107 Å². The molecule has 2 N–H and O–H groups in total. The zero-order valence-electron chi connectivity index (χ0n) is 9.01. The van der Waals surface area contributed by atoms with Crippen molar-refractivity contribution < 1.29 is 0 Å². The van der Waals surface area contributed by atoms with Crippen LogP contribution < -0.4 is 5.32 Å². The molecule has 3 rings (SSSR count). The Kier molecular flexibility index (Phi) is 2.94. The molecule has 86 valence electrons. The first kappa shape index (κ1) is 10.6. The van der Waals surface area contributed by atoms with Crippen molar-refractivity contribution in [1.29, 1.82) is 0 Å². The van der Waals surface area contributed by atoms with Crippen LogP contribution in [0.2, 0.25) is 0 Å². The van der Waals surface area contributed by atoms with Crippen molar-refractivity contribution in [1.82, 2.24) is 9.97 Å². The number of aromatic nitrogens is 2. The zero-order chi connectivity index (χ0) is 11.5. The van der Waals surface area contributed by atoms with Gasteiger partial charge in [-0.05, 0) is 22.9 Å². The highest BCUT2D eigenvalue weighted by molar-refractivity contribution is 7.20. The van der Waals surface area contributed by atoms with E-state index in [1.807, 2.05) is 6.20 Å². The van der Waals surface area contributed by atoms with Crippen LogP contribution in [0, 0.1) is 0 Å². The maximum atomic E-state index is 4.00. The third kappa shape index (κ3) is 2.25. The summed E-state index contributed by atoms with van der Waals surface area (Å²) in [5.74, 6) is 0. The summed E-state index contributed by atoms with van der Waals surface area (Å²) in [7, 11) is 0. The van der Waals surface area contributed by atoms with Crippen molar-refractivity contribution in [3.8, 4) is 9.75 Å². The molecule has 0 amide bonds. The fourth-order valence-corrected chi connectivity index (χ4v) is 3.38. The summed E-state index contributed by atoms with van der Waals surface area (Å²) in [5, 5.41) is 7.65. The zero-order valence-corrected chi connectivity index (χ0v) is 10.6. The minimum absolute atomic E-state index is 0.773. The van der Waals surface area contributed by atoms with Crippen LogP contribution in [0.4, 0.5) is 5.69 Å². The topological polar surface area (TPSA) is 40.7 Å². The molecule has 3 nitrogen and oxygen atoms in total. The second kappa shape index (κ2) is 4.73. The number of nitrogens with zero attached hydrogens (tertiary/aromatic N) is 1. The van der Waals surface area contributed by atoms with E-state index >= 15 is 0 Å². The van der Waals surface area contributed by atoms with E-state index in [0.717, 1.165) is 12.2 Å². The van der Waals surface area contributed by atoms with E-state index in [2.05, 4.69) is 44.2 Å². The van der Waals surface area contributed by atoms with Crippen molar-refractivity contribution in [3.05, 3.63) is 47.2 Å². The first-order valence-corrected chi connectivity index (χ1v) is 7.02. The Hall–Kier alpha value is -1.59. The monoisotopic (exact) mass is 261 g/mol. The molecular formula is C12H11N3S2. The predicted octanol–water partition coefficient (Wildman–Crippen LogP) is 3.81. The average Bonchev–Trinajstić information content (AvgIpc) is 3.09. The van der Waals surface area contributed by atoms with E-state index in [-0.39, 0.29) is 0 Å². The third-order valence-electron chi connectivity index (χ3n) is 2.43. The van der Waals surface area contributed by atoms with Gasteiger partial charge in [-0.1, -0.05) is 6.07 Å². The Morgan fingerprint density at radius 3 is 3.00 bits per heavy atom. The highest BCUT2D eigenvalue weighted by atomic mass is 32.1. The smallest absolute Gasteiger partial charge is 0.0922 e. The lowest BCUT2D eigenvalue weighted by atomic mass is 10.3. The molecule has 0 atom stereocenters. The van der Waals surface area contributed by atoms with E-state index in [9.17, 15) is 0 Å². The SMILES string of the molecule is c1csc(-c2sccc2NCc2cnc[nH]2)c1. The van der Waals surface area contributed by atoms with Gasteiger partial charge < -0.3 is 10.3 Å². The summed E-state index contributed by atoms with van der Waals surface area (Å²) in [4.78, 5) is 9.71. The first-order chi connectivity index (χ1) is 8.43. The van der Waals surface area contributed by atoms with Crippen LogP contribution in [-0.4, -0.2) is 9.97 Å². The summed E-state index contributed by atoms with van der Waals surface area (Å²) in [6, 6.07) is 6.35. The molecule has 0 aromatic carbocycles. The third-order valence-corrected chi connectivity index (χ3v) is 4.40. The van der Waals surface area contributed by atoms with Crippen molar-refractivity contribution in [2.24, 2.45) is 0 Å². The Morgan fingerprint density at radius 2 is 2.24 bits per heavy atom. The molecule has 0 spiro atoms. The second-order valence-corrected chi connectivity index (χ2v) is 5.43. The van der Waals surface area contributed by atoms with Gasteiger partial charge in [-0.3, -0.25) is 0 Å². The predicted molar refractivity (Wildman–Crippen MR) is 73.5 cm³/mol. The van der Waals surface area contributed by atoms with Crippen LogP contribution in [0.3, 0.4) is 0 Å². The van der Waals surface area contributed by atoms with Crippen LogP contribution in [0.15, 0.2) is 41.5 Å². The minimum Gasteiger partial charge on any atom is -0.378 e. The van der Waals surface area contributed by atoms with Crippen LogP contribution in [-0.2, 0) is 6.54 Å². The summed E-state index contributed by atoms with van der Waals surface area (Å²) in [6.45, 7) is 0.773. The van der Waals surface area contributed by atoms with Crippen molar-refractivity contribution in [2.45, 2.75) is 6.54 Å². The van der Waals surface area contributed by atoms with Crippen molar-refractivity contribution in [2.75, 3.05) is 5.32 Å². The van der Waals surface area contributed by atoms with Gasteiger partial charge in [-0.2, -0.15) is 0 Å². The lowest BCUT2D eigenvalue weighted by Gasteiger charge is -2.04. The first-order valence-electron chi connectivity index (χ1n) is 5.26. The van der Waals surface area contributed by atoms with Crippen molar-refractivity contribution >= 4 is 28.4 Å². The molecule has 0 bridgehead atoms. The molecule has 0 radical (unpaired) electrons. The quantitative estimate of drug-likeness (QED) is 0.749. The summed E-state index contributed by atoms with van der Waals surface area (Å²) in [6.07, 6.45) is 3.54. The largest absolute Gasteiger partial charge is 0.378 e. The number of anilines is 1. The van der Waals surface area contributed by atoms with Gasteiger partial charge in [0.2, 0.25) is 0 Å². The van der Waals surface area contributed by atoms with Crippen LogP contribution in [0.1, 0.15) is 5.69 Å². The second-order valence-electron chi connectivity index (χ2n) is 3.57. The van der Waals surface area contributed by atoms with E-state index in [1.165, 1.54) is 15.4 Å². The lowest BCUT2D eigenvalue weighted by Crippen LogP contribution is -1.98. The fourth-order valence-electron chi connectivity index (χ4n) is 1.62. The normalized spacial score (nSPS) is 10.6. The van der Waals surface area contributed by atoms with Crippen LogP contribution >= 0.6 is 22.7 Å². The van der Waals surface area contributed by atoms with Gasteiger partial charge >= 0.3 is 0 Å². The molecule has 3 aromatic rings. The van der Waals surface area contributed by atoms with Gasteiger partial charge in [-0.15, -0.1) is 22.7 Å². The fraction of sp³-hybridized carbons (Fsp3) is 0.0833. The summed E-state index contributed by atoms with van der Waals surface area (Å²) in [5.41, 5.74) is 2.28. The number of H-pyrrole nitrogens is 1. The standard InChI is InChI=1S/C12H11N3S2/c1-2-11(16-4-1)12-10(3-5-17-12)14-7-9-6-13-8-15-9/h1-6,8,14H,7H2,(H,13,15). The molecule has 0 aliphatic rings. The maximum Gasteiger partial charge on any atom is 0.0922 e. The summed E-state index contributed by atoms with van der Waals surface area (Å²) < 4.78 is 0. The molecule has 0 aliphatic carbocycles. The van der Waals surface area contributed by atoms with Crippen molar-refractivity contribution in [3.63, 3.8) is 0 Å².